The number of benzene rings is 3. The fourth-order valence-electron chi connectivity index (χ4n) is 3.85. The second-order valence-corrected chi connectivity index (χ2v) is 7.74. The van der Waals surface area contributed by atoms with Crippen molar-refractivity contribution < 1.29 is 4.39 Å². The van der Waals surface area contributed by atoms with E-state index in [2.05, 4.69) is 21.9 Å². The van der Waals surface area contributed by atoms with E-state index in [0.717, 1.165) is 33.5 Å². The lowest BCUT2D eigenvalue weighted by molar-refractivity contribution is 0.635. The summed E-state index contributed by atoms with van der Waals surface area (Å²) in [5, 5.41) is 5.39. The number of hydrogen-bond donors (Lipinski definition) is 1. The molecule has 0 aliphatic heterocycles. The van der Waals surface area contributed by atoms with Crippen LogP contribution in [0.4, 0.5) is 4.39 Å². The normalized spacial score (nSPS) is 10.8. The van der Waals surface area contributed by atoms with Crippen molar-refractivity contribution in [1.29, 1.82) is 0 Å². The highest BCUT2D eigenvalue weighted by molar-refractivity contribution is 5.89. The Morgan fingerprint density at radius 3 is 2.55 bits per heavy atom. The first-order valence-electron chi connectivity index (χ1n) is 10.6. The summed E-state index contributed by atoms with van der Waals surface area (Å²) in [6.07, 6.45) is 1.71. The average molecular weight is 433 g/mol. The number of aromatic nitrogens is 3. The molecule has 0 atom stereocenters. The summed E-state index contributed by atoms with van der Waals surface area (Å²) < 4.78 is 17.5. The summed E-state index contributed by atoms with van der Waals surface area (Å²) in [7, 11) is 0. The largest absolute Gasteiger partial charge is 0.326 e. The molecule has 2 aromatic heterocycles. The molecule has 5 rings (SSSR count). The Labute approximate surface area is 191 Å². The minimum absolute atomic E-state index is 0.307. The lowest BCUT2D eigenvalue weighted by Gasteiger charge is -2.09. The molecule has 33 heavy (non-hydrogen) atoms. The number of pyridine rings is 1. The number of aryl methyl sites for hydroxylation is 1. The molecule has 0 aliphatic rings. The van der Waals surface area contributed by atoms with Crippen LogP contribution in [0.25, 0.3) is 27.7 Å². The van der Waals surface area contributed by atoms with Gasteiger partial charge in [-0.3, -0.25) is 0 Å². The Morgan fingerprint density at radius 1 is 0.939 bits per heavy atom. The van der Waals surface area contributed by atoms with Crippen LogP contribution in [0.2, 0.25) is 0 Å². The van der Waals surface area contributed by atoms with Gasteiger partial charge in [0.2, 0.25) is 0 Å². The van der Waals surface area contributed by atoms with Gasteiger partial charge in [0, 0.05) is 29.3 Å². The molecule has 2 N–H and O–H groups in total. The maximum atomic E-state index is 15.8. The van der Waals surface area contributed by atoms with Crippen LogP contribution >= 0.6 is 0 Å². The van der Waals surface area contributed by atoms with Crippen molar-refractivity contribution in [3.05, 3.63) is 113 Å². The van der Waals surface area contributed by atoms with Gasteiger partial charge in [-0.1, -0.05) is 48.4 Å². The standard InChI is InChI=1S/C28H21FN4/c1-19-25-14-15-26(22-11-8-20(9-12-22)10-13-23-6-2-3-16-31-23)27(29)28(25)33(32-19)24-7-4-5-21(17-24)18-30/h2-9,11-12,14-17H,18,30H2,1H3. The molecule has 5 heteroatoms. The first-order valence-corrected chi connectivity index (χ1v) is 10.6. The van der Waals surface area contributed by atoms with Crippen LogP contribution in [-0.2, 0) is 6.54 Å². The molecular formula is C28H21FN4. The van der Waals surface area contributed by atoms with Crippen molar-refractivity contribution in [1.82, 2.24) is 14.8 Å². The highest BCUT2D eigenvalue weighted by Crippen LogP contribution is 2.32. The van der Waals surface area contributed by atoms with E-state index >= 15 is 4.39 Å². The van der Waals surface area contributed by atoms with Gasteiger partial charge in [-0.2, -0.15) is 5.10 Å². The van der Waals surface area contributed by atoms with Crippen molar-refractivity contribution in [2.24, 2.45) is 5.73 Å². The van der Waals surface area contributed by atoms with Gasteiger partial charge < -0.3 is 5.73 Å². The van der Waals surface area contributed by atoms with Crippen molar-refractivity contribution in [2.45, 2.75) is 13.5 Å². The highest BCUT2D eigenvalue weighted by atomic mass is 19.1. The SMILES string of the molecule is Cc1nn(-c2cccc(CN)c2)c2c(F)c(-c3ccc(C#Cc4ccccn4)cc3)ccc12. The Bertz CT molecular complexity index is 1510. The quantitative estimate of drug-likeness (QED) is 0.389. The molecular weight excluding hydrogens is 411 g/mol. The molecule has 0 spiro atoms. The zero-order valence-corrected chi connectivity index (χ0v) is 18.1. The molecule has 0 radical (unpaired) electrons. The van der Waals surface area contributed by atoms with Gasteiger partial charge in [0.1, 0.15) is 11.2 Å². The summed E-state index contributed by atoms with van der Waals surface area (Å²) in [5.41, 5.74) is 11.6. The van der Waals surface area contributed by atoms with E-state index in [1.54, 1.807) is 10.9 Å². The van der Waals surface area contributed by atoms with Gasteiger partial charge in [-0.05, 0) is 60.4 Å². The number of nitrogens with two attached hydrogens (primary N) is 1. The molecule has 4 nitrogen and oxygen atoms in total. The Kier molecular flexibility index (Phi) is 5.43. The number of hydrogen-bond acceptors (Lipinski definition) is 3. The number of rotatable bonds is 3. The molecule has 0 saturated carbocycles. The van der Waals surface area contributed by atoms with Gasteiger partial charge in [0.05, 0.1) is 11.4 Å². The van der Waals surface area contributed by atoms with Crippen molar-refractivity contribution in [3.63, 3.8) is 0 Å². The van der Waals surface area contributed by atoms with E-state index in [-0.39, 0.29) is 5.82 Å². The van der Waals surface area contributed by atoms with Gasteiger partial charge in [0.25, 0.3) is 0 Å². The summed E-state index contributed by atoms with van der Waals surface area (Å²) in [6.45, 7) is 2.30. The summed E-state index contributed by atoms with van der Waals surface area (Å²) in [4.78, 5) is 4.21. The van der Waals surface area contributed by atoms with Crippen LogP contribution in [-0.4, -0.2) is 14.8 Å². The predicted molar refractivity (Wildman–Crippen MR) is 129 cm³/mol. The molecule has 0 bridgehead atoms. The van der Waals surface area contributed by atoms with E-state index in [0.29, 0.717) is 23.3 Å². The lowest BCUT2D eigenvalue weighted by Crippen LogP contribution is -2.02. The van der Waals surface area contributed by atoms with Gasteiger partial charge >= 0.3 is 0 Å². The summed E-state index contributed by atoms with van der Waals surface area (Å²) in [6, 6.07) is 24.6. The minimum Gasteiger partial charge on any atom is -0.326 e. The van der Waals surface area contributed by atoms with Crippen LogP contribution in [0.1, 0.15) is 22.5 Å². The molecule has 5 aromatic rings. The van der Waals surface area contributed by atoms with Gasteiger partial charge in [-0.15, -0.1) is 0 Å². The molecule has 0 fully saturated rings. The number of nitrogens with zero attached hydrogens (tertiary/aromatic N) is 3. The van der Waals surface area contributed by atoms with Crippen LogP contribution in [0.5, 0.6) is 0 Å². The average Bonchev–Trinajstić information content (AvgIpc) is 3.21. The first kappa shape index (κ1) is 20.6. The molecule has 3 aromatic carbocycles. The summed E-state index contributed by atoms with van der Waals surface area (Å²) in [5.74, 6) is 5.83. The smallest absolute Gasteiger partial charge is 0.157 e. The molecule has 0 unspecified atom stereocenters. The molecule has 2 heterocycles. The van der Waals surface area contributed by atoms with Crippen LogP contribution in [0.15, 0.2) is 85.1 Å². The van der Waals surface area contributed by atoms with Crippen LogP contribution in [0.3, 0.4) is 0 Å². The number of halogens is 1. The summed E-state index contributed by atoms with van der Waals surface area (Å²) >= 11 is 0. The second-order valence-electron chi connectivity index (χ2n) is 7.74. The number of fused-ring (bicyclic) bond motifs is 1. The van der Waals surface area contributed by atoms with E-state index in [1.807, 2.05) is 85.8 Å². The van der Waals surface area contributed by atoms with Crippen LogP contribution in [0, 0.1) is 24.6 Å². The Balaban J connectivity index is 1.55. The molecule has 0 amide bonds. The molecule has 0 aliphatic carbocycles. The molecule has 0 saturated heterocycles. The maximum absolute atomic E-state index is 15.8. The van der Waals surface area contributed by atoms with Crippen molar-refractivity contribution in [2.75, 3.05) is 0 Å². The predicted octanol–water partition coefficient (Wildman–Crippen LogP) is 5.39. The van der Waals surface area contributed by atoms with Gasteiger partial charge in [-0.25, -0.2) is 14.1 Å². The van der Waals surface area contributed by atoms with E-state index in [4.69, 9.17) is 5.73 Å². The minimum atomic E-state index is -0.307. The molecule has 160 valence electrons. The Morgan fingerprint density at radius 2 is 1.79 bits per heavy atom. The monoisotopic (exact) mass is 432 g/mol. The topological polar surface area (TPSA) is 56.7 Å². The lowest BCUT2D eigenvalue weighted by atomic mass is 10.0. The third kappa shape index (κ3) is 4.00. The fraction of sp³-hybridized carbons (Fsp3) is 0.0714. The van der Waals surface area contributed by atoms with Crippen molar-refractivity contribution in [3.8, 4) is 28.7 Å². The second kappa shape index (κ2) is 8.70. The third-order valence-electron chi connectivity index (χ3n) is 5.55. The van der Waals surface area contributed by atoms with E-state index < -0.39 is 0 Å². The van der Waals surface area contributed by atoms with E-state index in [1.165, 1.54) is 0 Å². The third-order valence-corrected chi connectivity index (χ3v) is 5.55. The maximum Gasteiger partial charge on any atom is 0.157 e. The zero-order valence-electron chi connectivity index (χ0n) is 18.1. The highest BCUT2D eigenvalue weighted by Gasteiger charge is 2.17. The van der Waals surface area contributed by atoms with E-state index in [9.17, 15) is 0 Å². The van der Waals surface area contributed by atoms with Gasteiger partial charge in [0.15, 0.2) is 5.82 Å². The zero-order chi connectivity index (χ0) is 22.8. The first-order chi connectivity index (χ1) is 16.1. The Hall–Kier alpha value is -4.27. The van der Waals surface area contributed by atoms with Crippen molar-refractivity contribution >= 4 is 10.9 Å². The van der Waals surface area contributed by atoms with Crippen LogP contribution < -0.4 is 5.73 Å². The fourth-order valence-corrected chi connectivity index (χ4v) is 3.85.